The average molecular weight is 222 g/mol. The lowest BCUT2D eigenvalue weighted by molar-refractivity contribution is 0.0828. The number of hydrogen-bond acceptors (Lipinski definition) is 4. The number of rotatable bonds is 4. The van der Waals surface area contributed by atoms with Gasteiger partial charge in [-0.15, -0.1) is 0 Å². The number of nitrogens with one attached hydrogen (secondary N) is 1. The zero-order chi connectivity index (χ0) is 12.1. The lowest BCUT2D eigenvalue weighted by Crippen LogP contribution is -2.24. The first kappa shape index (κ1) is 12.3. The molecule has 1 rings (SSSR count). The maximum Gasteiger partial charge on any atom is 0.255 e. The number of carbonyl (C=O) groups excluding carboxylic acids is 1. The monoisotopic (exact) mass is 222 g/mol. The molecular weight excluding hydrogens is 204 g/mol. The van der Waals surface area contributed by atoms with Gasteiger partial charge in [0.05, 0.1) is 5.56 Å². The second-order valence-electron chi connectivity index (χ2n) is 3.72. The summed E-state index contributed by atoms with van der Waals surface area (Å²) in [5, 5.41) is 3.09. The summed E-state index contributed by atoms with van der Waals surface area (Å²) in [7, 11) is 3.43. The topological polar surface area (TPSA) is 84.4 Å². The van der Waals surface area contributed by atoms with Crippen LogP contribution in [0.25, 0.3) is 0 Å². The van der Waals surface area contributed by atoms with E-state index in [0.29, 0.717) is 24.3 Å². The fourth-order valence-corrected chi connectivity index (χ4v) is 1.34. The molecule has 1 aromatic carbocycles. The number of nitrogens with zero attached hydrogens (tertiary/aromatic N) is 1. The summed E-state index contributed by atoms with van der Waals surface area (Å²) in [5.41, 5.74) is 13.0. The molecule has 0 saturated carbocycles. The summed E-state index contributed by atoms with van der Waals surface area (Å²) in [4.78, 5) is 13.4. The molecule has 1 aromatic rings. The van der Waals surface area contributed by atoms with Crippen molar-refractivity contribution in [1.82, 2.24) is 4.90 Å². The van der Waals surface area contributed by atoms with Crippen LogP contribution in [0.4, 0.5) is 11.4 Å². The highest BCUT2D eigenvalue weighted by molar-refractivity contribution is 5.99. The van der Waals surface area contributed by atoms with Gasteiger partial charge in [-0.3, -0.25) is 4.79 Å². The van der Waals surface area contributed by atoms with Crippen LogP contribution in [0.15, 0.2) is 18.2 Å². The van der Waals surface area contributed by atoms with Crippen LogP contribution in [0.2, 0.25) is 0 Å². The molecule has 1 amide bonds. The average Bonchev–Trinajstić information content (AvgIpc) is 2.25. The van der Waals surface area contributed by atoms with Gasteiger partial charge in [0, 0.05) is 38.6 Å². The summed E-state index contributed by atoms with van der Waals surface area (Å²) in [6.07, 6.45) is 0. The zero-order valence-electron chi connectivity index (χ0n) is 9.66. The van der Waals surface area contributed by atoms with Crippen LogP contribution in [-0.2, 0) is 0 Å². The van der Waals surface area contributed by atoms with Crippen molar-refractivity contribution >= 4 is 17.3 Å². The SMILES string of the molecule is CN(C)C(=O)c1ccc(N)cc1NCCN. The number of anilines is 2. The molecule has 5 nitrogen and oxygen atoms in total. The third-order valence-corrected chi connectivity index (χ3v) is 2.14. The van der Waals surface area contributed by atoms with Gasteiger partial charge in [0.2, 0.25) is 0 Å². The van der Waals surface area contributed by atoms with E-state index >= 15 is 0 Å². The molecule has 5 N–H and O–H groups in total. The van der Waals surface area contributed by atoms with E-state index in [-0.39, 0.29) is 5.91 Å². The largest absolute Gasteiger partial charge is 0.399 e. The van der Waals surface area contributed by atoms with E-state index < -0.39 is 0 Å². The molecule has 0 aliphatic heterocycles. The van der Waals surface area contributed by atoms with Crippen LogP contribution in [-0.4, -0.2) is 38.0 Å². The summed E-state index contributed by atoms with van der Waals surface area (Å²) in [6.45, 7) is 1.11. The van der Waals surface area contributed by atoms with Gasteiger partial charge in [-0.2, -0.15) is 0 Å². The zero-order valence-corrected chi connectivity index (χ0v) is 9.66. The Hall–Kier alpha value is -1.75. The fraction of sp³-hybridized carbons (Fsp3) is 0.364. The number of carbonyl (C=O) groups is 1. The van der Waals surface area contributed by atoms with Crippen molar-refractivity contribution in [2.45, 2.75) is 0 Å². The Bertz CT molecular complexity index is 376. The minimum Gasteiger partial charge on any atom is -0.399 e. The first-order valence-electron chi connectivity index (χ1n) is 5.11. The molecule has 0 aromatic heterocycles. The maximum atomic E-state index is 11.9. The van der Waals surface area contributed by atoms with E-state index in [0.717, 1.165) is 5.69 Å². The molecule has 0 aliphatic rings. The van der Waals surface area contributed by atoms with Crippen molar-refractivity contribution < 1.29 is 4.79 Å². The van der Waals surface area contributed by atoms with Crippen LogP contribution >= 0.6 is 0 Å². The lowest BCUT2D eigenvalue weighted by atomic mass is 10.1. The van der Waals surface area contributed by atoms with Gasteiger partial charge in [-0.25, -0.2) is 0 Å². The Morgan fingerprint density at radius 1 is 1.44 bits per heavy atom. The predicted molar refractivity (Wildman–Crippen MR) is 66.4 cm³/mol. The van der Waals surface area contributed by atoms with E-state index in [4.69, 9.17) is 11.5 Å². The van der Waals surface area contributed by atoms with Crippen molar-refractivity contribution in [2.75, 3.05) is 38.2 Å². The third kappa shape index (κ3) is 2.87. The Kier molecular flexibility index (Phi) is 4.13. The van der Waals surface area contributed by atoms with Crippen molar-refractivity contribution in [1.29, 1.82) is 0 Å². The number of benzene rings is 1. The first-order chi connectivity index (χ1) is 7.56. The van der Waals surface area contributed by atoms with E-state index in [1.807, 2.05) is 0 Å². The number of amides is 1. The van der Waals surface area contributed by atoms with Crippen molar-refractivity contribution in [2.24, 2.45) is 5.73 Å². The van der Waals surface area contributed by atoms with Crippen LogP contribution in [0.1, 0.15) is 10.4 Å². The fourth-order valence-electron chi connectivity index (χ4n) is 1.34. The van der Waals surface area contributed by atoms with Crippen molar-refractivity contribution in [3.8, 4) is 0 Å². The van der Waals surface area contributed by atoms with Crippen molar-refractivity contribution in [3.05, 3.63) is 23.8 Å². The Morgan fingerprint density at radius 3 is 2.69 bits per heavy atom. The molecule has 0 atom stereocenters. The quantitative estimate of drug-likeness (QED) is 0.641. The van der Waals surface area contributed by atoms with E-state index in [1.54, 1.807) is 32.3 Å². The molecule has 0 radical (unpaired) electrons. The van der Waals surface area contributed by atoms with Crippen LogP contribution in [0.5, 0.6) is 0 Å². The highest BCUT2D eigenvalue weighted by Crippen LogP contribution is 2.20. The molecular formula is C11H18N4O. The van der Waals surface area contributed by atoms with Gasteiger partial charge < -0.3 is 21.7 Å². The number of hydrogen-bond donors (Lipinski definition) is 3. The van der Waals surface area contributed by atoms with E-state index in [1.165, 1.54) is 4.90 Å². The van der Waals surface area contributed by atoms with E-state index in [9.17, 15) is 4.79 Å². The second-order valence-corrected chi connectivity index (χ2v) is 3.72. The molecule has 0 heterocycles. The Labute approximate surface area is 95.4 Å². The van der Waals surface area contributed by atoms with Gasteiger partial charge in [0.25, 0.3) is 5.91 Å². The maximum absolute atomic E-state index is 11.9. The molecule has 0 bridgehead atoms. The summed E-state index contributed by atoms with van der Waals surface area (Å²) >= 11 is 0. The standard InChI is InChI=1S/C11H18N4O/c1-15(2)11(16)9-4-3-8(13)7-10(9)14-6-5-12/h3-4,7,14H,5-6,12-13H2,1-2H3. The van der Waals surface area contributed by atoms with Gasteiger partial charge in [0.1, 0.15) is 0 Å². The van der Waals surface area contributed by atoms with Crippen LogP contribution in [0, 0.1) is 0 Å². The molecule has 88 valence electrons. The highest BCUT2D eigenvalue weighted by atomic mass is 16.2. The molecule has 0 unspecified atom stereocenters. The molecule has 5 heteroatoms. The third-order valence-electron chi connectivity index (χ3n) is 2.14. The normalized spacial score (nSPS) is 9.94. The lowest BCUT2D eigenvalue weighted by Gasteiger charge is -2.15. The minimum absolute atomic E-state index is 0.0560. The van der Waals surface area contributed by atoms with Gasteiger partial charge in [0.15, 0.2) is 0 Å². The Morgan fingerprint density at radius 2 is 2.12 bits per heavy atom. The first-order valence-corrected chi connectivity index (χ1v) is 5.11. The molecule has 0 aliphatic carbocycles. The summed E-state index contributed by atoms with van der Waals surface area (Å²) in [5.74, 6) is -0.0560. The summed E-state index contributed by atoms with van der Waals surface area (Å²) < 4.78 is 0. The van der Waals surface area contributed by atoms with E-state index in [2.05, 4.69) is 5.32 Å². The molecule has 0 fully saturated rings. The second kappa shape index (κ2) is 5.37. The number of nitrogens with two attached hydrogens (primary N) is 2. The van der Waals surface area contributed by atoms with Gasteiger partial charge in [-0.1, -0.05) is 0 Å². The molecule has 0 spiro atoms. The molecule has 0 saturated heterocycles. The highest BCUT2D eigenvalue weighted by Gasteiger charge is 2.12. The van der Waals surface area contributed by atoms with Crippen molar-refractivity contribution in [3.63, 3.8) is 0 Å². The van der Waals surface area contributed by atoms with Crippen LogP contribution < -0.4 is 16.8 Å². The summed E-state index contributed by atoms with van der Waals surface area (Å²) in [6, 6.07) is 5.17. The minimum atomic E-state index is -0.0560. The van der Waals surface area contributed by atoms with Gasteiger partial charge >= 0.3 is 0 Å². The molecule has 16 heavy (non-hydrogen) atoms. The predicted octanol–water partition coefficient (Wildman–Crippen LogP) is 0.341. The van der Waals surface area contributed by atoms with Crippen LogP contribution in [0.3, 0.4) is 0 Å². The van der Waals surface area contributed by atoms with Gasteiger partial charge in [-0.05, 0) is 18.2 Å². The smallest absolute Gasteiger partial charge is 0.255 e. The Balaban J connectivity index is 3.02. The number of nitrogen functional groups attached to an aromatic ring is 1.